The number of benzene rings is 2. The second kappa shape index (κ2) is 8.75. The third-order valence-electron chi connectivity index (χ3n) is 4.53. The summed E-state index contributed by atoms with van der Waals surface area (Å²) < 4.78 is 3.84. The molecule has 3 aromatic rings. The minimum absolute atomic E-state index is 0.212. The van der Waals surface area contributed by atoms with Gasteiger partial charge in [0, 0.05) is 16.6 Å². The molecule has 0 aliphatic heterocycles. The summed E-state index contributed by atoms with van der Waals surface area (Å²) in [5.41, 5.74) is 3.12. The summed E-state index contributed by atoms with van der Waals surface area (Å²) in [6.45, 7) is 9.68. The number of carbonyl (C=O) groups excluding carboxylic acids is 2. The van der Waals surface area contributed by atoms with Gasteiger partial charge in [-0.2, -0.15) is 0 Å². The molecule has 0 spiro atoms. The lowest BCUT2D eigenvalue weighted by molar-refractivity contribution is -0.123. The van der Waals surface area contributed by atoms with Crippen LogP contribution in [0.25, 0.3) is 0 Å². The Morgan fingerprint density at radius 3 is 2.33 bits per heavy atom. The highest BCUT2D eigenvalue weighted by molar-refractivity contribution is 7.03. The van der Waals surface area contributed by atoms with E-state index in [0.717, 1.165) is 28.2 Å². The van der Waals surface area contributed by atoms with Crippen molar-refractivity contribution >= 4 is 29.0 Å². The van der Waals surface area contributed by atoms with E-state index in [1.165, 1.54) is 4.90 Å². The zero-order valence-electron chi connectivity index (χ0n) is 17.8. The van der Waals surface area contributed by atoms with E-state index < -0.39 is 11.6 Å². The minimum atomic E-state index is -0.860. The van der Waals surface area contributed by atoms with Crippen molar-refractivity contribution in [2.24, 2.45) is 0 Å². The van der Waals surface area contributed by atoms with Gasteiger partial charge in [-0.25, -0.2) is 0 Å². The van der Waals surface area contributed by atoms with Crippen LogP contribution in [-0.2, 0) is 4.79 Å². The van der Waals surface area contributed by atoms with Crippen molar-refractivity contribution in [1.29, 1.82) is 0 Å². The van der Waals surface area contributed by atoms with E-state index in [1.54, 1.807) is 5.38 Å². The number of hydrogen-bond acceptors (Lipinski definition) is 5. The molecule has 0 aliphatic carbocycles. The Morgan fingerprint density at radius 1 is 1.07 bits per heavy atom. The lowest BCUT2D eigenvalue weighted by Gasteiger charge is -2.34. The fraction of sp³-hybridized carbons (Fsp3) is 0.304. The van der Waals surface area contributed by atoms with E-state index in [-0.39, 0.29) is 17.5 Å². The molecule has 0 saturated carbocycles. The van der Waals surface area contributed by atoms with Gasteiger partial charge in [-0.15, -0.1) is 5.10 Å². The second-order valence-electron chi connectivity index (χ2n) is 8.31. The molecule has 3 rings (SSSR count). The van der Waals surface area contributed by atoms with E-state index in [4.69, 9.17) is 0 Å². The summed E-state index contributed by atoms with van der Waals surface area (Å²) >= 11 is 1.10. The predicted octanol–water partition coefficient (Wildman–Crippen LogP) is 4.46. The smallest absolute Gasteiger partial charge is 0.280 e. The molecule has 6 nitrogen and oxygen atoms in total. The van der Waals surface area contributed by atoms with Crippen molar-refractivity contribution in [1.82, 2.24) is 14.9 Å². The molecule has 156 valence electrons. The highest BCUT2D eigenvalue weighted by atomic mass is 32.1. The molecular formula is C23H26N4O2S. The average molecular weight is 423 g/mol. The summed E-state index contributed by atoms with van der Waals surface area (Å²) in [5, 5.41) is 8.60. The van der Waals surface area contributed by atoms with Crippen LogP contribution in [0.1, 0.15) is 54.0 Å². The Hall–Kier alpha value is -3.06. The monoisotopic (exact) mass is 422 g/mol. The number of anilines is 1. The molecule has 1 aromatic heterocycles. The SMILES string of the molecule is Cc1ccc(N(C(=O)c2csnn2)C(C(=O)NC(C)(C)C)c2ccccc2)c(C)c1. The van der Waals surface area contributed by atoms with E-state index >= 15 is 0 Å². The van der Waals surface area contributed by atoms with Gasteiger partial charge < -0.3 is 5.32 Å². The van der Waals surface area contributed by atoms with Gasteiger partial charge in [0.05, 0.1) is 0 Å². The van der Waals surface area contributed by atoms with E-state index in [1.807, 2.05) is 83.1 Å². The van der Waals surface area contributed by atoms with Crippen molar-refractivity contribution in [3.05, 3.63) is 76.3 Å². The van der Waals surface area contributed by atoms with Crippen LogP contribution in [0, 0.1) is 13.8 Å². The number of nitrogens with zero attached hydrogens (tertiary/aromatic N) is 3. The maximum absolute atomic E-state index is 13.6. The normalized spacial score (nSPS) is 12.3. The molecule has 0 saturated heterocycles. The number of amides is 2. The van der Waals surface area contributed by atoms with E-state index in [0.29, 0.717) is 5.69 Å². The van der Waals surface area contributed by atoms with Crippen LogP contribution in [0.15, 0.2) is 53.9 Å². The van der Waals surface area contributed by atoms with Crippen LogP contribution in [0.5, 0.6) is 0 Å². The summed E-state index contributed by atoms with van der Waals surface area (Å²) in [7, 11) is 0. The molecule has 2 aromatic carbocycles. The maximum atomic E-state index is 13.6. The first-order valence-electron chi connectivity index (χ1n) is 9.72. The molecule has 1 unspecified atom stereocenters. The largest absolute Gasteiger partial charge is 0.349 e. The molecule has 0 aliphatic rings. The lowest BCUT2D eigenvalue weighted by atomic mass is 9.99. The predicted molar refractivity (Wildman–Crippen MR) is 120 cm³/mol. The number of rotatable bonds is 5. The molecule has 1 atom stereocenters. The molecule has 0 fully saturated rings. The molecule has 2 amide bonds. The topological polar surface area (TPSA) is 75.2 Å². The Kier molecular flexibility index (Phi) is 6.31. The highest BCUT2D eigenvalue weighted by Crippen LogP contribution is 2.32. The number of aromatic nitrogens is 2. The fourth-order valence-corrected chi connectivity index (χ4v) is 3.74. The van der Waals surface area contributed by atoms with Crippen LogP contribution in [0.4, 0.5) is 5.69 Å². The van der Waals surface area contributed by atoms with Gasteiger partial charge in [0.25, 0.3) is 5.91 Å². The summed E-state index contributed by atoms with van der Waals surface area (Å²) in [6, 6.07) is 14.3. The Morgan fingerprint density at radius 2 is 1.77 bits per heavy atom. The minimum Gasteiger partial charge on any atom is -0.349 e. The zero-order chi connectivity index (χ0) is 21.9. The number of hydrogen-bond donors (Lipinski definition) is 1. The van der Waals surface area contributed by atoms with Gasteiger partial charge in [0.2, 0.25) is 5.91 Å². The van der Waals surface area contributed by atoms with Crippen LogP contribution in [0.2, 0.25) is 0 Å². The molecular weight excluding hydrogens is 396 g/mol. The lowest BCUT2D eigenvalue weighted by Crippen LogP contribution is -2.49. The highest BCUT2D eigenvalue weighted by Gasteiger charge is 2.36. The van der Waals surface area contributed by atoms with Crippen LogP contribution in [0.3, 0.4) is 0 Å². The summed E-state index contributed by atoms with van der Waals surface area (Å²) in [6.07, 6.45) is 0. The Balaban J connectivity index is 2.20. The molecule has 1 N–H and O–H groups in total. The van der Waals surface area contributed by atoms with Crippen molar-refractivity contribution in [3.63, 3.8) is 0 Å². The average Bonchev–Trinajstić information content (AvgIpc) is 3.20. The van der Waals surface area contributed by atoms with Gasteiger partial charge in [-0.1, -0.05) is 52.5 Å². The van der Waals surface area contributed by atoms with Gasteiger partial charge in [0.1, 0.15) is 6.04 Å². The van der Waals surface area contributed by atoms with E-state index in [2.05, 4.69) is 14.9 Å². The molecule has 0 bridgehead atoms. The van der Waals surface area contributed by atoms with Gasteiger partial charge >= 0.3 is 0 Å². The Labute approximate surface area is 181 Å². The van der Waals surface area contributed by atoms with Gasteiger partial charge in [-0.3, -0.25) is 14.5 Å². The third-order valence-corrected chi connectivity index (χ3v) is 5.03. The molecule has 30 heavy (non-hydrogen) atoms. The summed E-state index contributed by atoms with van der Waals surface area (Å²) in [4.78, 5) is 28.6. The quantitative estimate of drug-likeness (QED) is 0.659. The van der Waals surface area contributed by atoms with E-state index in [9.17, 15) is 9.59 Å². The number of aryl methyl sites for hydroxylation is 2. The third kappa shape index (κ3) is 4.91. The first-order chi connectivity index (χ1) is 14.2. The second-order valence-corrected chi connectivity index (χ2v) is 8.92. The van der Waals surface area contributed by atoms with Gasteiger partial charge in [-0.05, 0) is 63.3 Å². The van der Waals surface area contributed by atoms with Crippen LogP contribution < -0.4 is 10.2 Å². The molecule has 7 heteroatoms. The standard InChI is InChI=1S/C23H26N4O2S/c1-15-11-12-19(16(2)13-15)27(22(29)18-14-30-26-25-18)20(17-9-7-6-8-10-17)21(28)24-23(3,4)5/h6-14,20H,1-5H3,(H,24,28). The zero-order valence-corrected chi connectivity index (χ0v) is 18.7. The first kappa shape index (κ1) is 21.6. The van der Waals surface area contributed by atoms with Crippen molar-refractivity contribution < 1.29 is 9.59 Å². The Bertz CT molecular complexity index is 1030. The van der Waals surface area contributed by atoms with Gasteiger partial charge in [0.15, 0.2) is 5.69 Å². The maximum Gasteiger partial charge on any atom is 0.280 e. The molecule has 0 radical (unpaired) electrons. The van der Waals surface area contributed by atoms with Crippen molar-refractivity contribution in [3.8, 4) is 0 Å². The number of nitrogens with one attached hydrogen (secondary N) is 1. The number of carbonyl (C=O) groups is 2. The van der Waals surface area contributed by atoms with Crippen LogP contribution in [-0.4, -0.2) is 26.9 Å². The van der Waals surface area contributed by atoms with Crippen molar-refractivity contribution in [2.45, 2.75) is 46.2 Å². The van der Waals surface area contributed by atoms with Crippen molar-refractivity contribution in [2.75, 3.05) is 4.90 Å². The molecule has 1 heterocycles. The fourth-order valence-electron chi connectivity index (χ4n) is 3.31. The van der Waals surface area contributed by atoms with Crippen LogP contribution >= 0.6 is 11.5 Å². The summed E-state index contributed by atoms with van der Waals surface area (Å²) in [5.74, 6) is -0.626. The first-order valence-corrected chi connectivity index (χ1v) is 10.6.